The first-order chi connectivity index (χ1) is 21.3. The minimum atomic E-state index is -1.20. The van der Waals surface area contributed by atoms with E-state index in [0.717, 1.165) is 62.6 Å². The van der Waals surface area contributed by atoms with Crippen LogP contribution in [-0.4, -0.2) is 62.9 Å². The Bertz CT molecular complexity index is 1830. The molecule has 0 aliphatic carbocycles. The normalized spacial score (nSPS) is 20.7. The van der Waals surface area contributed by atoms with Crippen LogP contribution >= 0.6 is 0 Å². The molecular weight excluding hydrogens is 571 g/mol. The SMILES string of the molecule is CC(C)C(NC(=O)O)C(=O)N1CCC[C@H]1c1nc2c(ccc3c4c(ccc32)-c2ccc(B3OC(C)(C)C(C)(C)O3)cc2CO4)[nH]1. The zero-order chi connectivity index (χ0) is 31.8. The van der Waals surface area contributed by atoms with Gasteiger partial charge in [0.15, 0.2) is 0 Å². The largest absolute Gasteiger partial charge is 0.494 e. The summed E-state index contributed by atoms with van der Waals surface area (Å²) in [6.07, 6.45) is 0.375. The molecule has 7 rings (SSSR count). The summed E-state index contributed by atoms with van der Waals surface area (Å²) in [4.78, 5) is 35.1. The Morgan fingerprint density at radius 2 is 1.76 bits per heavy atom. The number of hydrogen-bond donors (Lipinski definition) is 3. The second-order valence-corrected chi connectivity index (χ2v) is 13.8. The zero-order valence-electron chi connectivity index (χ0n) is 26.6. The van der Waals surface area contributed by atoms with E-state index < -0.39 is 30.5 Å². The van der Waals surface area contributed by atoms with Crippen molar-refractivity contribution in [3.05, 3.63) is 53.9 Å². The van der Waals surface area contributed by atoms with Gasteiger partial charge in [0, 0.05) is 22.9 Å². The predicted octanol–water partition coefficient (Wildman–Crippen LogP) is 5.53. The van der Waals surface area contributed by atoms with Crippen molar-refractivity contribution in [2.45, 2.75) is 84.3 Å². The molecule has 3 N–H and O–H groups in total. The second-order valence-electron chi connectivity index (χ2n) is 13.8. The third-order valence-electron chi connectivity index (χ3n) is 10.00. The van der Waals surface area contributed by atoms with Gasteiger partial charge >= 0.3 is 13.2 Å². The Morgan fingerprint density at radius 1 is 1.04 bits per heavy atom. The van der Waals surface area contributed by atoms with Gasteiger partial charge in [0.1, 0.15) is 24.2 Å². The quantitative estimate of drug-likeness (QED) is 0.254. The van der Waals surface area contributed by atoms with Crippen LogP contribution in [0.15, 0.2) is 42.5 Å². The summed E-state index contributed by atoms with van der Waals surface area (Å²) < 4.78 is 19.0. The second kappa shape index (κ2) is 10.5. The van der Waals surface area contributed by atoms with E-state index in [9.17, 15) is 14.7 Å². The topological polar surface area (TPSA) is 126 Å². The maximum atomic E-state index is 13.5. The highest BCUT2D eigenvalue weighted by molar-refractivity contribution is 6.62. The van der Waals surface area contributed by atoms with Crippen molar-refractivity contribution in [2.24, 2.45) is 5.92 Å². The molecule has 45 heavy (non-hydrogen) atoms. The van der Waals surface area contributed by atoms with Gasteiger partial charge in [0.25, 0.3) is 0 Å². The minimum Gasteiger partial charge on any atom is -0.488 e. The number of H-pyrrole nitrogens is 1. The molecule has 0 bridgehead atoms. The van der Waals surface area contributed by atoms with Gasteiger partial charge in [-0.15, -0.1) is 0 Å². The first-order valence-corrected chi connectivity index (χ1v) is 15.7. The summed E-state index contributed by atoms with van der Waals surface area (Å²) in [5, 5.41) is 13.7. The van der Waals surface area contributed by atoms with Crippen molar-refractivity contribution < 1.29 is 28.7 Å². The molecule has 4 heterocycles. The predicted molar refractivity (Wildman–Crippen MR) is 173 cm³/mol. The van der Waals surface area contributed by atoms with Gasteiger partial charge in [-0.05, 0) is 81.2 Å². The Balaban J connectivity index is 1.20. The van der Waals surface area contributed by atoms with Crippen LogP contribution in [0.25, 0.3) is 32.9 Å². The molecule has 4 aromatic rings. The lowest BCUT2D eigenvalue weighted by Gasteiger charge is -2.32. The van der Waals surface area contributed by atoms with Crippen LogP contribution in [0.3, 0.4) is 0 Å². The number of nitrogens with one attached hydrogen (secondary N) is 2. The molecule has 1 aromatic heterocycles. The van der Waals surface area contributed by atoms with Crippen molar-refractivity contribution in [1.82, 2.24) is 20.2 Å². The van der Waals surface area contributed by atoms with Gasteiger partial charge in [-0.1, -0.05) is 38.1 Å². The van der Waals surface area contributed by atoms with Crippen LogP contribution in [0.1, 0.15) is 71.8 Å². The lowest BCUT2D eigenvalue weighted by molar-refractivity contribution is -0.135. The van der Waals surface area contributed by atoms with Crippen molar-refractivity contribution in [3.8, 4) is 16.9 Å². The molecule has 234 valence electrons. The maximum Gasteiger partial charge on any atom is 0.494 e. The number of carbonyl (C=O) groups excluding carboxylic acids is 1. The highest BCUT2D eigenvalue weighted by atomic mass is 16.7. The molecule has 2 fully saturated rings. The third-order valence-corrected chi connectivity index (χ3v) is 10.00. The van der Waals surface area contributed by atoms with Crippen LogP contribution in [0.4, 0.5) is 4.79 Å². The Morgan fingerprint density at radius 3 is 2.47 bits per heavy atom. The average Bonchev–Trinajstić information content (AvgIpc) is 3.70. The summed E-state index contributed by atoms with van der Waals surface area (Å²) in [6.45, 7) is 12.9. The van der Waals surface area contributed by atoms with Gasteiger partial charge in [0.2, 0.25) is 5.91 Å². The number of carboxylic acid groups (broad SMARTS) is 1. The summed E-state index contributed by atoms with van der Waals surface area (Å²) in [5.74, 6) is 1.14. The van der Waals surface area contributed by atoms with Gasteiger partial charge < -0.3 is 34.4 Å². The Hall–Kier alpha value is -4.09. The molecule has 2 atom stereocenters. The van der Waals surface area contributed by atoms with E-state index in [2.05, 4.69) is 74.4 Å². The smallest absolute Gasteiger partial charge is 0.488 e. The first-order valence-electron chi connectivity index (χ1n) is 15.7. The molecular formula is C34H39BN4O6. The summed E-state index contributed by atoms with van der Waals surface area (Å²) in [7, 11) is -0.434. The number of ether oxygens (including phenoxy) is 1. The summed E-state index contributed by atoms with van der Waals surface area (Å²) in [5.41, 5.74) is 5.08. The fourth-order valence-corrected chi connectivity index (χ4v) is 6.81. The average molecular weight is 611 g/mol. The number of hydrogen-bond acceptors (Lipinski definition) is 6. The van der Waals surface area contributed by atoms with Crippen molar-refractivity contribution in [3.63, 3.8) is 0 Å². The molecule has 3 aromatic carbocycles. The number of aromatic nitrogens is 2. The van der Waals surface area contributed by atoms with Crippen LogP contribution in [0.5, 0.6) is 5.75 Å². The van der Waals surface area contributed by atoms with Gasteiger partial charge in [-0.25, -0.2) is 9.78 Å². The van der Waals surface area contributed by atoms with E-state index in [1.54, 1.807) is 4.90 Å². The minimum absolute atomic E-state index is 0.180. The highest BCUT2D eigenvalue weighted by Gasteiger charge is 2.51. The lowest BCUT2D eigenvalue weighted by Crippen LogP contribution is -2.50. The summed E-state index contributed by atoms with van der Waals surface area (Å²) >= 11 is 0. The van der Waals surface area contributed by atoms with E-state index >= 15 is 0 Å². The number of carbonyl (C=O) groups is 2. The molecule has 3 aliphatic rings. The Labute approximate surface area is 262 Å². The van der Waals surface area contributed by atoms with E-state index in [1.807, 2.05) is 19.9 Å². The number of rotatable bonds is 5. The highest BCUT2D eigenvalue weighted by Crippen LogP contribution is 2.44. The molecule has 0 saturated carbocycles. The maximum absolute atomic E-state index is 13.5. The van der Waals surface area contributed by atoms with Gasteiger partial charge in [-0.3, -0.25) is 4.79 Å². The fourth-order valence-electron chi connectivity index (χ4n) is 6.81. The molecule has 10 nitrogen and oxygen atoms in total. The van der Waals surface area contributed by atoms with Crippen LogP contribution in [-0.2, 0) is 20.7 Å². The number of fused-ring (bicyclic) bond motifs is 7. The van der Waals surface area contributed by atoms with Crippen molar-refractivity contribution >= 4 is 46.4 Å². The number of likely N-dealkylation sites (tertiary alicyclic amines) is 1. The number of nitrogens with zero attached hydrogens (tertiary/aromatic N) is 2. The number of benzene rings is 3. The number of amides is 2. The number of imidazole rings is 1. The molecule has 11 heteroatoms. The monoisotopic (exact) mass is 610 g/mol. The van der Waals surface area contributed by atoms with Crippen molar-refractivity contribution in [2.75, 3.05) is 6.54 Å². The summed E-state index contributed by atoms with van der Waals surface area (Å²) in [6, 6.07) is 13.5. The van der Waals surface area contributed by atoms with Gasteiger partial charge in [-0.2, -0.15) is 0 Å². The molecule has 2 amide bonds. The molecule has 1 unspecified atom stereocenters. The van der Waals surface area contributed by atoms with E-state index in [1.165, 1.54) is 0 Å². The molecule has 0 spiro atoms. The Kier molecular flexibility index (Phi) is 6.90. The standard InChI is InChI=1S/C34H39BN4O6/c1-18(2)27(38-32(41)42)31(40)39-15-7-8-26(39)30-36-25-14-13-24-22(28(25)37-30)11-12-23-21-10-9-20(16-19(21)17-43-29(23)24)35-44-33(3,4)34(5,6)45-35/h9-14,16,18,26-27,38H,7-8,15,17H2,1-6H3,(H,36,37)(H,41,42)/t26-,27?/m0/s1. The zero-order valence-corrected chi connectivity index (χ0v) is 26.6. The molecule has 0 radical (unpaired) electrons. The van der Waals surface area contributed by atoms with Crippen LogP contribution in [0.2, 0.25) is 0 Å². The van der Waals surface area contributed by atoms with E-state index in [-0.39, 0.29) is 17.9 Å². The number of aromatic amines is 1. The van der Waals surface area contributed by atoms with Crippen LogP contribution < -0.4 is 15.5 Å². The lowest BCUT2D eigenvalue weighted by atomic mass is 9.77. The van der Waals surface area contributed by atoms with E-state index in [0.29, 0.717) is 19.0 Å². The first kappa shape index (κ1) is 29.6. The van der Waals surface area contributed by atoms with Gasteiger partial charge in [0.05, 0.1) is 28.3 Å². The molecule has 2 saturated heterocycles. The third kappa shape index (κ3) is 4.84. The van der Waals surface area contributed by atoms with Crippen LogP contribution in [0, 0.1) is 5.92 Å². The molecule has 3 aliphatic heterocycles. The van der Waals surface area contributed by atoms with E-state index in [4.69, 9.17) is 19.0 Å². The van der Waals surface area contributed by atoms with Crippen molar-refractivity contribution in [1.29, 1.82) is 0 Å². The fraction of sp³-hybridized carbons (Fsp3) is 0.441.